The molecule has 138 valence electrons. The highest BCUT2D eigenvalue weighted by molar-refractivity contribution is 5.93. The Hall–Kier alpha value is -2.08. The fourth-order valence-electron chi connectivity index (χ4n) is 3.07. The second kappa shape index (κ2) is 7.87. The molecule has 25 heavy (non-hydrogen) atoms. The van der Waals surface area contributed by atoms with Gasteiger partial charge >= 0.3 is 0 Å². The van der Waals surface area contributed by atoms with Gasteiger partial charge in [0.2, 0.25) is 11.8 Å². The van der Waals surface area contributed by atoms with E-state index in [2.05, 4.69) is 5.32 Å². The Balaban J connectivity index is 2.04. The summed E-state index contributed by atoms with van der Waals surface area (Å²) in [6.45, 7) is 6.68. The number of ether oxygens (including phenoxy) is 1. The molecule has 6 nitrogen and oxygen atoms in total. The number of likely N-dealkylation sites (tertiary alicyclic amines) is 1. The van der Waals surface area contributed by atoms with Crippen LogP contribution >= 0.6 is 0 Å². The lowest BCUT2D eigenvalue weighted by Crippen LogP contribution is -2.47. The molecule has 1 heterocycles. The van der Waals surface area contributed by atoms with E-state index in [9.17, 15) is 14.7 Å². The Kier molecular flexibility index (Phi) is 6.06. The highest BCUT2D eigenvalue weighted by Gasteiger charge is 2.33. The number of hydrogen-bond donors (Lipinski definition) is 2. The summed E-state index contributed by atoms with van der Waals surface area (Å²) in [6, 6.07) is 5.17. The molecule has 6 heteroatoms. The lowest BCUT2D eigenvalue weighted by Gasteiger charge is -2.35. The summed E-state index contributed by atoms with van der Waals surface area (Å²) < 4.78 is 5.17. The van der Waals surface area contributed by atoms with Gasteiger partial charge in [-0.15, -0.1) is 0 Å². The van der Waals surface area contributed by atoms with E-state index >= 15 is 0 Å². The topological polar surface area (TPSA) is 78.9 Å². The second-order valence-electron chi connectivity index (χ2n) is 7.51. The van der Waals surface area contributed by atoms with Crippen LogP contribution in [-0.4, -0.2) is 42.0 Å². The number of piperidine rings is 1. The van der Waals surface area contributed by atoms with Crippen molar-refractivity contribution in [1.82, 2.24) is 4.90 Å². The van der Waals surface area contributed by atoms with E-state index in [0.717, 1.165) is 12.8 Å². The minimum absolute atomic E-state index is 0.0806. The molecular formula is C19H28N2O4. The molecule has 1 atom stereocenters. The zero-order valence-electron chi connectivity index (χ0n) is 15.5. The number of aliphatic hydroxyl groups excluding tert-OH is 1. The van der Waals surface area contributed by atoms with Crippen molar-refractivity contribution < 1.29 is 19.4 Å². The number of benzene rings is 1. The van der Waals surface area contributed by atoms with E-state index in [1.165, 1.54) is 7.11 Å². The average Bonchev–Trinajstić information content (AvgIpc) is 2.60. The molecule has 1 aliphatic heterocycles. The summed E-state index contributed by atoms with van der Waals surface area (Å²) >= 11 is 0. The Labute approximate surface area is 149 Å². The van der Waals surface area contributed by atoms with Crippen LogP contribution < -0.4 is 10.1 Å². The zero-order chi connectivity index (χ0) is 18.6. The van der Waals surface area contributed by atoms with E-state index < -0.39 is 5.41 Å². The number of carbonyl (C=O) groups excluding carboxylic acids is 2. The SMILES string of the molecule is COc1ccc(NC(=O)C2CCCN(C(=O)C(C)(C)C)C2)cc1CO. The molecule has 1 aromatic rings. The maximum Gasteiger partial charge on any atom is 0.229 e. The smallest absolute Gasteiger partial charge is 0.229 e. The van der Waals surface area contributed by atoms with Gasteiger partial charge in [0, 0.05) is 29.8 Å². The van der Waals surface area contributed by atoms with Crippen molar-refractivity contribution in [3.63, 3.8) is 0 Å². The third-order valence-corrected chi connectivity index (χ3v) is 4.44. The minimum atomic E-state index is -0.440. The highest BCUT2D eigenvalue weighted by Crippen LogP contribution is 2.26. The number of aliphatic hydroxyl groups is 1. The standard InChI is InChI=1S/C19H28N2O4/c1-19(2,3)18(24)21-9-5-6-13(11-21)17(23)20-15-7-8-16(25-4)14(10-15)12-22/h7-8,10,13,22H,5-6,9,11-12H2,1-4H3,(H,20,23). The van der Waals surface area contributed by atoms with E-state index in [0.29, 0.717) is 30.1 Å². The lowest BCUT2D eigenvalue weighted by atomic mass is 9.91. The van der Waals surface area contributed by atoms with Crippen LogP contribution in [0, 0.1) is 11.3 Å². The van der Waals surface area contributed by atoms with Gasteiger partial charge in [0.05, 0.1) is 19.6 Å². The van der Waals surface area contributed by atoms with Crippen molar-refractivity contribution in [2.75, 3.05) is 25.5 Å². The lowest BCUT2D eigenvalue weighted by molar-refractivity contribution is -0.142. The van der Waals surface area contributed by atoms with Gasteiger partial charge < -0.3 is 20.1 Å². The number of methoxy groups -OCH3 is 1. The van der Waals surface area contributed by atoms with Gasteiger partial charge in [-0.3, -0.25) is 9.59 Å². The molecule has 0 saturated carbocycles. The van der Waals surface area contributed by atoms with Crippen LogP contribution in [0.15, 0.2) is 18.2 Å². The fourth-order valence-corrected chi connectivity index (χ4v) is 3.07. The first-order valence-electron chi connectivity index (χ1n) is 8.64. The molecule has 1 aliphatic rings. The minimum Gasteiger partial charge on any atom is -0.496 e. The summed E-state index contributed by atoms with van der Waals surface area (Å²) in [5.74, 6) is 0.345. The maximum atomic E-state index is 12.6. The first kappa shape index (κ1) is 19.2. The molecule has 2 N–H and O–H groups in total. The van der Waals surface area contributed by atoms with E-state index in [1.807, 2.05) is 20.8 Å². The Morgan fingerprint density at radius 1 is 1.36 bits per heavy atom. The monoisotopic (exact) mass is 348 g/mol. The molecule has 2 rings (SSSR count). The maximum absolute atomic E-state index is 12.6. The molecule has 1 saturated heterocycles. The Morgan fingerprint density at radius 3 is 2.68 bits per heavy atom. The fraction of sp³-hybridized carbons (Fsp3) is 0.579. The molecule has 2 amide bonds. The number of anilines is 1. The van der Waals surface area contributed by atoms with Gasteiger partial charge in [-0.25, -0.2) is 0 Å². The number of rotatable bonds is 4. The van der Waals surface area contributed by atoms with Crippen LogP contribution in [0.3, 0.4) is 0 Å². The average molecular weight is 348 g/mol. The van der Waals surface area contributed by atoms with Crippen molar-refractivity contribution in [3.05, 3.63) is 23.8 Å². The van der Waals surface area contributed by atoms with Crippen molar-refractivity contribution in [2.24, 2.45) is 11.3 Å². The van der Waals surface area contributed by atoms with E-state index in [4.69, 9.17) is 4.74 Å². The van der Waals surface area contributed by atoms with Crippen molar-refractivity contribution >= 4 is 17.5 Å². The van der Waals surface area contributed by atoms with Gasteiger partial charge in [0.1, 0.15) is 5.75 Å². The summed E-state index contributed by atoms with van der Waals surface area (Å²) in [5, 5.41) is 12.3. The van der Waals surface area contributed by atoms with Crippen LogP contribution in [0.25, 0.3) is 0 Å². The number of carbonyl (C=O) groups is 2. The molecule has 1 fully saturated rings. The van der Waals surface area contributed by atoms with Crippen LogP contribution in [0.2, 0.25) is 0 Å². The second-order valence-corrected chi connectivity index (χ2v) is 7.51. The molecule has 1 aromatic carbocycles. The molecule has 1 unspecified atom stereocenters. The summed E-state index contributed by atoms with van der Waals surface area (Å²) in [5.41, 5.74) is 0.798. The van der Waals surface area contributed by atoms with Gasteiger partial charge in [-0.2, -0.15) is 0 Å². The third kappa shape index (κ3) is 4.72. The molecule has 0 bridgehead atoms. The summed E-state index contributed by atoms with van der Waals surface area (Å²) in [4.78, 5) is 26.8. The summed E-state index contributed by atoms with van der Waals surface area (Å²) in [6.07, 6.45) is 1.59. The first-order valence-corrected chi connectivity index (χ1v) is 8.64. The van der Waals surface area contributed by atoms with E-state index in [-0.39, 0.29) is 24.3 Å². The number of nitrogens with one attached hydrogen (secondary N) is 1. The highest BCUT2D eigenvalue weighted by atomic mass is 16.5. The quantitative estimate of drug-likeness (QED) is 0.876. The molecular weight excluding hydrogens is 320 g/mol. The molecule has 0 radical (unpaired) electrons. The normalized spacial score (nSPS) is 18.0. The zero-order valence-corrected chi connectivity index (χ0v) is 15.5. The van der Waals surface area contributed by atoms with Crippen LogP contribution in [0.1, 0.15) is 39.2 Å². The number of hydrogen-bond acceptors (Lipinski definition) is 4. The predicted molar refractivity (Wildman–Crippen MR) is 96.3 cm³/mol. The van der Waals surface area contributed by atoms with Crippen molar-refractivity contribution in [2.45, 2.75) is 40.2 Å². The van der Waals surface area contributed by atoms with Crippen molar-refractivity contribution in [1.29, 1.82) is 0 Å². The summed E-state index contributed by atoms with van der Waals surface area (Å²) in [7, 11) is 1.54. The van der Waals surface area contributed by atoms with Crippen molar-refractivity contribution in [3.8, 4) is 5.75 Å². The Bertz CT molecular complexity index is 637. The number of amides is 2. The largest absolute Gasteiger partial charge is 0.496 e. The van der Waals surface area contributed by atoms with Gasteiger partial charge in [0.25, 0.3) is 0 Å². The first-order chi connectivity index (χ1) is 11.8. The van der Waals surface area contributed by atoms with Gasteiger partial charge in [-0.05, 0) is 31.0 Å². The predicted octanol–water partition coefficient (Wildman–Crippen LogP) is 2.41. The molecule has 0 aliphatic carbocycles. The molecule has 0 aromatic heterocycles. The Morgan fingerprint density at radius 2 is 2.08 bits per heavy atom. The van der Waals surface area contributed by atoms with Crippen LogP contribution in [-0.2, 0) is 16.2 Å². The third-order valence-electron chi connectivity index (χ3n) is 4.44. The van der Waals surface area contributed by atoms with E-state index in [1.54, 1.807) is 23.1 Å². The van der Waals surface area contributed by atoms with Crippen LogP contribution in [0.4, 0.5) is 5.69 Å². The van der Waals surface area contributed by atoms with Gasteiger partial charge in [0.15, 0.2) is 0 Å². The molecule has 0 spiro atoms. The van der Waals surface area contributed by atoms with Gasteiger partial charge in [-0.1, -0.05) is 20.8 Å². The number of nitrogens with zero attached hydrogens (tertiary/aromatic N) is 1. The van der Waals surface area contributed by atoms with Crippen LogP contribution in [0.5, 0.6) is 5.75 Å².